The van der Waals surface area contributed by atoms with E-state index in [0.29, 0.717) is 6.04 Å². The molecule has 1 aromatic rings. The van der Waals surface area contributed by atoms with Crippen LogP contribution in [-0.4, -0.2) is 24.0 Å². The van der Waals surface area contributed by atoms with Gasteiger partial charge in [0.1, 0.15) is 0 Å². The van der Waals surface area contributed by atoms with E-state index in [-0.39, 0.29) is 0 Å². The van der Waals surface area contributed by atoms with Crippen molar-refractivity contribution in [2.75, 3.05) is 18.0 Å². The average molecular weight is 381 g/mol. The fourth-order valence-corrected chi connectivity index (χ4v) is 4.59. The average Bonchev–Trinajstić information content (AvgIpc) is 2.68. The van der Waals surface area contributed by atoms with Crippen LogP contribution in [0.5, 0.6) is 0 Å². The maximum Gasteiger partial charge on any atom is 0.0418 e. The molecule has 0 atom stereocenters. The zero-order chi connectivity index (χ0) is 20.7. The van der Waals surface area contributed by atoms with Crippen LogP contribution in [0.2, 0.25) is 0 Å². The molecule has 1 aromatic carbocycles. The molecule has 0 saturated heterocycles. The van der Waals surface area contributed by atoms with Gasteiger partial charge in [-0.15, -0.1) is 0 Å². The van der Waals surface area contributed by atoms with Crippen molar-refractivity contribution in [2.45, 2.75) is 79.2 Å². The molecule has 0 saturated carbocycles. The van der Waals surface area contributed by atoms with Crippen LogP contribution in [0, 0.1) is 0 Å². The minimum atomic E-state index is 0.511. The van der Waals surface area contributed by atoms with Gasteiger partial charge >= 0.3 is 0 Å². The molecular formula is C26H40N2. The minimum Gasteiger partial charge on any atom is -0.372 e. The molecule has 1 aliphatic heterocycles. The Bertz CT molecular complexity index is 701. The largest absolute Gasteiger partial charge is 0.372 e. The molecule has 0 amide bonds. The van der Waals surface area contributed by atoms with Gasteiger partial charge in [0.25, 0.3) is 0 Å². The Morgan fingerprint density at radius 3 is 2.07 bits per heavy atom. The highest BCUT2D eigenvalue weighted by Crippen LogP contribution is 2.42. The summed E-state index contributed by atoms with van der Waals surface area (Å²) in [6.07, 6.45) is 9.13. The predicted molar refractivity (Wildman–Crippen MR) is 127 cm³/mol. The van der Waals surface area contributed by atoms with E-state index in [1.807, 2.05) is 6.08 Å². The fourth-order valence-electron chi connectivity index (χ4n) is 4.59. The van der Waals surface area contributed by atoms with Gasteiger partial charge < -0.3 is 9.80 Å². The van der Waals surface area contributed by atoms with E-state index in [1.165, 1.54) is 53.8 Å². The maximum atomic E-state index is 4.57. The molecule has 1 aliphatic rings. The Balaban J connectivity index is 2.54. The van der Waals surface area contributed by atoms with Crippen LogP contribution in [0.15, 0.2) is 43.1 Å². The van der Waals surface area contributed by atoms with Gasteiger partial charge in [-0.2, -0.15) is 0 Å². The second-order valence-corrected chi connectivity index (χ2v) is 7.97. The second-order valence-electron chi connectivity index (χ2n) is 7.97. The lowest BCUT2D eigenvalue weighted by molar-refractivity contribution is 0.314. The summed E-state index contributed by atoms with van der Waals surface area (Å²) in [5.41, 5.74) is 7.56. The zero-order valence-corrected chi connectivity index (χ0v) is 18.9. The van der Waals surface area contributed by atoms with Crippen LogP contribution in [0.3, 0.4) is 0 Å². The van der Waals surface area contributed by atoms with E-state index >= 15 is 0 Å². The van der Waals surface area contributed by atoms with Gasteiger partial charge in [0.15, 0.2) is 0 Å². The van der Waals surface area contributed by atoms with E-state index in [0.717, 1.165) is 31.6 Å². The number of fused-ring (bicyclic) bond motifs is 1. The van der Waals surface area contributed by atoms with Crippen molar-refractivity contribution in [3.05, 3.63) is 54.3 Å². The van der Waals surface area contributed by atoms with Gasteiger partial charge in [0.2, 0.25) is 0 Å². The molecule has 0 aromatic heterocycles. The third kappa shape index (κ3) is 4.54. The standard InChI is InChI=1S/C26H40N2/c1-8-13-22(14-9-2)28-20(6)24(12-5)25-16-15-23(19-26(25)21(28)7)27(17-10-3)18-11-4/h12,15-16,19,22H,5,7-11,13-14,17-18H2,1-4,6H3. The molecule has 0 spiro atoms. The molecule has 2 rings (SSSR count). The topological polar surface area (TPSA) is 6.48 Å². The first-order valence-electron chi connectivity index (χ1n) is 11.2. The van der Waals surface area contributed by atoms with Crippen molar-refractivity contribution in [3.63, 3.8) is 0 Å². The summed E-state index contributed by atoms with van der Waals surface area (Å²) in [6.45, 7) is 22.2. The Morgan fingerprint density at radius 1 is 0.964 bits per heavy atom. The van der Waals surface area contributed by atoms with Crippen molar-refractivity contribution in [1.82, 2.24) is 4.90 Å². The van der Waals surface area contributed by atoms with Crippen LogP contribution >= 0.6 is 0 Å². The van der Waals surface area contributed by atoms with Crippen LogP contribution in [-0.2, 0) is 0 Å². The molecule has 2 nitrogen and oxygen atoms in total. The summed E-state index contributed by atoms with van der Waals surface area (Å²) in [5, 5.41) is 0. The molecule has 0 aliphatic carbocycles. The highest BCUT2D eigenvalue weighted by atomic mass is 15.2. The number of anilines is 1. The van der Waals surface area contributed by atoms with Gasteiger partial charge in [-0.25, -0.2) is 0 Å². The smallest absolute Gasteiger partial charge is 0.0418 e. The number of benzene rings is 1. The van der Waals surface area contributed by atoms with Crippen LogP contribution in [0.4, 0.5) is 5.69 Å². The van der Waals surface area contributed by atoms with E-state index in [1.54, 1.807) is 0 Å². The first-order chi connectivity index (χ1) is 13.5. The van der Waals surface area contributed by atoms with E-state index in [4.69, 9.17) is 0 Å². The molecule has 0 radical (unpaired) electrons. The molecule has 1 heterocycles. The van der Waals surface area contributed by atoms with Crippen molar-refractivity contribution in [1.29, 1.82) is 0 Å². The molecule has 0 unspecified atom stereocenters. The highest BCUT2D eigenvalue weighted by molar-refractivity contribution is 5.90. The van der Waals surface area contributed by atoms with Crippen molar-refractivity contribution < 1.29 is 0 Å². The quantitative estimate of drug-likeness (QED) is 0.392. The monoisotopic (exact) mass is 380 g/mol. The second kappa shape index (κ2) is 10.5. The summed E-state index contributed by atoms with van der Waals surface area (Å²) in [6, 6.07) is 7.43. The van der Waals surface area contributed by atoms with E-state index in [9.17, 15) is 0 Å². The fraction of sp³-hybridized carbons (Fsp3) is 0.538. The number of allylic oxidation sites excluding steroid dienone is 3. The lowest BCUT2D eigenvalue weighted by atomic mass is 9.88. The number of nitrogens with zero attached hydrogens (tertiary/aromatic N) is 2. The summed E-state index contributed by atoms with van der Waals surface area (Å²) in [4.78, 5) is 5.01. The van der Waals surface area contributed by atoms with Gasteiger partial charge in [-0.1, -0.05) is 65.8 Å². The van der Waals surface area contributed by atoms with Crippen LogP contribution < -0.4 is 4.90 Å². The Labute approximate surface area is 173 Å². The molecule has 0 bridgehead atoms. The van der Waals surface area contributed by atoms with Gasteiger partial charge in [0, 0.05) is 47.3 Å². The summed E-state index contributed by atoms with van der Waals surface area (Å²) in [5.74, 6) is 0. The molecule has 0 N–H and O–H groups in total. The Kier molecular flexibility index (Phi) is 8.41. The molecule has 28 heavy (non-hydrogen) atoms. The zero-order valence-electron chi connectivity index (χ0n) is 18.9. The number of rotatable bonds is 11. The van der Waals surface area contributed by atoms with Gasteiger partial charge in [-0.05, 0) is 50.3 Å². The number of hydrogen-bond acceptors (Lipinski definition) is 2. The minimum absolute atomic E-state index is 0.511. The van der Waals surface area contributed by atoms with Crippen molar-refractivity contribution in [3.8, 4) is 0 Å². The molecular weight excluding hydrogens is 340 g/mol. The maximum absolute atomic E-state index is 4.57. The van der Waals surface area contributed by atoms with Crippen LogP contribution in [0.25, 0.3) is 11.3 Å². The first kappa shape index (κ1) is 22.3. The third-order valence-electron chi connectivity index (χ3n) is 5.81. The summed E-state index contributed by atoms with van der Waals surface area (Å²) < 4.78 is 0. The first-order valence-corrected chi connectivity index (χ1v) is 11.2. The third-order valence-corrected chi connectivity index (χ3v) is 5.81. The van der Waals surface area contributed by atoms with Crippen LogP contribution in [0.1, 0.15) is 84.3 Å². The van der Waals surface area contributed by atoms with Crippen molar-refractivity contribution in [2.24, 2.45) is 0 Å². The molecule has 2 heteroatoms. The van der Waals surface area contributed by atoms with Gasteiger partial charge in [-0.3, -0.25) is 0 Å². The lowest BCUT2D eigenvalue weighted by Crippen LogP contribution is -2.35. The lowest BCUT2D eigenvalue weighted by Gasteiger charge is -2.41. The number of hydrogen-bond donors (Lipinski definition) is 0. The summed E-state index contributed by atoms with van der Waals surface area (Å²) >= 11 is 0. The SMILES string of the molecule is C=CC1=C(C)N(C(CCC)CCC)C(=C)c2cc(N(CCC)CCC)ccc21. The molecule has 0 fully saturated rings. The normalized spacial score (nSPS) is 13.9. The van der Waals surface area contributed by atoms with Crippen molar-refractivity contribution >= 4 is 17.0 Å². The summed E-state index contributed by atoms with van der Waals surface area (Å²) in [7, 11) is 0. The Hall–Kier alpha value is -1.96. The highest BCUT2D eigenvalue weighted by Gasteiger charge is 2.29. The molecule has 154 valence electrons. The van der Waals surface area contributed by atoms with E-state index in [2.05, 4.69) is 75.8 Å². The Morgan fingerprint density at radius 2 is 1.57 bits per heavy atom. The predicted octanol–water partition coefficient (Wildman–Crippen LogP) is 7.49. The van der Waals surface area contributed by atoms with E-state index < -0.39 is 0 Å². The van der Waals surface area contributed by atoms with Gasteiger partial charge in [0.05, 0.1) is 0 Å².